The predicted molar refractivity (Wildman–Crippen MR) is 177 cm³/mol. The van der Waals surface area contributed by atoms with Crippen molar-refractivity contribution in [2.75, 3.05) is 64.4 Å². The second kappa shape index (κ2) is 12.1. The minimum absolute atomic E-state index is 0.00216. The van der Waals surface area contributed by atoms with Gasteiger partial charge in [-0.05, 0) is 68.3 Å². The van der Waals surface area contributed by atoms with Gasteiger partial charge in [0, 0.05) is 75.5 Å². The van der Waals surface area contributed by atoms with Crippen LogP contribution in [0.4, 0.5) is 5.69 Å². The van der Waals surface area contributed by atoms with Gasteiger partial charge >= 0.3 is 0 Å². The molecule has 11 nitrogen and oxygen atoms in total. The molecule has 4 aliphatic heterocycles. The zero-order chi connectivity index (χ0) is 31.2. The predicted octanol–water partition coefficient (Wildman–Crippen LogP) is 4.43. The average molecular weight is 624 g/mol. The monoisotopic (exact) mass is 623 g/mol. The number of carbonyl (C=O) groups excluding carboxylic acids is 1. The van der Waals surface area contributed by atoms with Gasteiger partial charge in [-0.2, -0.15) is 10.2 Å². The van der Waals surface area contributed by atoms with Gasteiger partial charge in [-0.1, -0.05) is 6.07 Å². The van der Waals surface area contributed by atoms with E-state index in [2.05, 4.69) is 70.5 Å². The number of piperazine rings is 1. The Morgan fingerprint density at radius 2 is 1.76 bits per heavy atom. The number of hydrogen-bond donors (Lipinski definition) is 0. The number of carbonyl (C=O) groups is 1. The molecule has 11 heteroatoms. The van der Waals surface area contributed by atoms with Gasteiger partial charge in [-0.15, -0.1) is 0 Å². The number of nitrogens with zero attached hydrogens (tertiary/aromatic N) is 7. The number of hydrogen-bond acceptors (Lipinski definition) is 8. The van der Waals surface area contributed by atoms with E-state index in [-0.39, 0.29) is 12.1 Å². The fourth-order valence-corrected chi connectivity index (χ4v) is 7.03. The highest BCUT2D eigenvalue weighted by Crippen LogP contribution is 2.36. The largest absolute Gasteiger partial charge is 0.480 e. The molecule has 240 valence electrons. The normalized spacial score (nSPS) is 22.4. The Balaban J connectivity index is 1.24. The summed E-state index contributed by atoms with van der Waals surface area (Å²) in [6.07, 6.45) is 9.08. The molecule has 1 unspecified atom stereocenters. The summed E-state index contributed by atoms with van der Waals surface area (Å²) in [5, 5.41) is 10.7. The summed E-state index contributed by atoms with van der Waals surface area (Å²) in [5.74, 6) is 1.39. The summed E-state index contributed by atoms with van der Waals surface area (Å²) in [6.45, 7) is 6.15. The molecule has 3 fully saturated rings. The zero-order valence-corrected chi connectivity index (χ0v) is 26.6. The molecule has 0 N–H and O–H groups in total. The number of ether oxygens (including phenoxy) is 3. The van der Waals surface area contributed by atoms with E-state index < -0.39 is 6.10 Å². The molecule has 3 saturated heterocycles. The summed E-state index contributed by atoms with van der Waals surface area (Å²) in [4.78, 5) is 20.1. The molecule has 0 radical (unpaired) electrons. The highest BCUT2D eigenvalue weighted by molar-refractivity contribution is 5.94. The van der Waals surface area contributed by atoms with E-state index in [1.54, 1.807) is 4.68 Å². The lowest BCUT2D eigenvalue weighted by molar-refractivity contribution is -0.133. The molecule has 1 amide bonds. The van der Waals surface area contributed by atoms with Gasteiger partial charge < -0.3 is 28.9 Å². The Bertz CT molecular complexity index is 1780. The van der Waals surface area contributed by atoms with Gasteiger partial charge in [0.15, 0.2) is 12.3 Å². The summed E-state index contributed by atoms with van der Waals surface area (Å²) in [7, 11) is 4.04. The van der Waals surface area contributed by atoms with E-state index in [4.69, 9.17) is 19.3 Å². The van der Waals surface area contributed by atoms with Crippen LogP contribution in [0.2, 0.25) is 0 Å². The Kier molecular flexibility index (Phi) is 7.65. The lowest BCUT2D eigenvalue weighted by atomic mass is 10.0. The first-order valence-corrected chi connectivity index (χ1v) is 16.5. The van der Waals surface area contributed by atoms with Crippen molar-refractivity contribution in [1.29, 1.82) is 0 Å². The Labute approximate surface area is 268 Å². The number of fused-ring (bicyclic) bond motifs is 6. The molecule has 8 rings (SSSR count). The van der Waals surface area contributed by atoms with Crippen molar-refractivity contribution in [1.82, 2.24) is 29.4 Å². The molecule has 2 aromatic carbocycles. The lowest BCUT2D eigenvalue weighted by Crippen LogP contribution is -2.44. The zero-order valence-electron chi connectivity index (χ0n) is 26.6. The molecule has 0 saturated carbocycles. The van der Waals surface area contributed by atoms with Crippen LogP contribution in [0.3, 0.4) is 0 Å². The van der Waals surface area contributed by atoms with Gasteiger partial charge in [0.1, 0.15) is 12.4 Å². The summed E-state index contributed by atoms with van der Waals surface area (Å²) >= 11 is 0. The van der Waals surface area contributed by atoms with Crippen molar-refractivity contribution in [2.24, 2.45) is 7.05 Å². The molecule has 2 aromatic heterocycles. The third-order valence-electron chi connectivity index (χ3n) is 9.76. The fourth-order valence-electron chi connectivity index (χ4n) is 7.03. The maximum absolute atomic E-state index is 13.5. The van der Waals surface area contributed by atoms with E-state index in [0.717, 1.165) is 91.0 Å². The minimum atomic E-state index is -0.540. The first-order valence-electron chi connectivity index (χ1n) is 16.5. The van der Waals surface area contributed by atoms with E-state index in [1.165, 1.54) is 0 Å². The maximum atomic E-state index is 13.5. The van der Waals surface area contributed by atoms with Crippen LogP contribution < -0.4 is 14.4 Å². The molecule has 6 heterocycles. The number of aromatic nitrogens is 4. The van der Waals surface area contributed by atoms with Crippen LogP contribution >= 0.6 is 0 Å². The lowest BCUT2D eigenvalue weighted by Gasteiger charge is -2.34. The van der Waals surface area contributed by atoms with E-state index in [0.29, 0.717) is 37.7 Å². The Hall–Kier alpha value is -4.35. The van der Waals surface area contributed by atoms with Crippen molar-refractivity contribution in [3.8, 4) is 22.8 Å². The van der Waals surface area contributed by atoms with Crippen molar-refractivity contribution in [2.45, 2.75) is 38.0 Å². The van der Waals surface area contributed by atoms with Crippen LogP contribution in [0, 0.1) is 0 Å². The molecule has 4 aromatic rings. The van der Waals surface area contributed by atoms with E-state index in [1.807, 2.05) is 22.8 Å². The minimum Gasteiger partial charge on any atom is -0.480 e. The van der Waals surface area contributed by atoms with E-state index in [9.17, 15) is 4.79 Å². The number of rotatable bonds is 2. The van der Waals surface area contributed by atoms with Crippen LogP contribution in [0.5, 0.6) is 11.6 Å². The average Bonchev–Trinajstić information content (AvgIpc) is 3.75. The molecular weight excluding hydrogens is 582 g/mol. The SMILES string of the molecule is CN1CCN(c2ccc3c(c2)O[C@@H]2CCN(CCOc4c(cnn4C)-c4ccc5c(c4)c(nn5C4CCCCO4)C=C3)C2=O)CC1. The third kappa shape index (κ3) is 5.41. The standard InChI is InChI=1S/C35H41N7O4/c1-38-14-16-40(17-15-38)26-9-6-24-7-10-29-27-21-25(8-11-30(27)42(37-29)33-5-3-4-19-44-33)28-23-36-39(2)35(28)45-20-18-41-13-12-31(34(41)43)46-32(24)22-26/h6-11,21-23,31,33H,3-5,12-20H2,1-2H3/t31-,33?/m1/s1. The van der Waals surface area contributed by atoms with Crippen LogP contribution in [0.25, 0.3) is 34.2 Å². The van der Waals surface area contributed by atoms with Gasteiger partial charge in [0.25, 0.3) is 5.91 Å². The molecular formula is C35H41N7O4. The van der Waals surface area contributed by atoms with Gasteiger partial charge in [0.05, 0.1) is 29.5 Å². The number of anilines is 1. The van der Waals surface area contributed by atoms with Crippen molar-refractivity contribution < 1.29 is 19.0 Å². The quantitative estimate of drug-likeness (QED) is 0.324. The van der Waals surface area contributed by atoms with Gasteiger partial charge in [0.2, 0.25) is 5.88 Å². The van der Waals surface area contributed by atoms with Gasteiger partial charge in [-0.25, -0.2) is 9.36 Å². The molecule has 0 aliphatic carbocycles. The van der Waals surface area contributed by atoms with Crippen LogP contribution in [-0.2, 0) is 16.6 Å². The molecule has 4 bridgehead atoms. The third-order valence-corrected chi connectivity index (χ3v) is 9.76. The van der Waals surface area contributed by atoms with E-state index >= 15 is 0 Å². The molecule has 2 atom stereocenters. The first-order chi connectivity index (χ1) is 22.5. The van der Waals surface area contributed by atoms with Crippen molar-refractivity contribution in [3.05, 3.63) is 53.9 Å². The van der Waals surface area contributed by atoms with Crippen LogP contribution in [0.15, 0.2) is 42.6 Å². The Morgan fingerprint density at radius 1 is 0.870 bits per heavy atom. The molecule has 46 heavy (non-hydrogen) atoms. The van der Waals surface area contributed by atoms with Gasteiger partial charge in [-0.3, -0.25) is 4.79 Å². The highest BCUT2D eigenvalue weighted by Gasteiger charge is 2.34. The maximum Gasteiger partial charge on any atom is 0.263 e. The Morgan fingerprint density at radius 3 is 2.61 bits per heavy atom. The molecule has 4 aliphatic rings. The number of aryl methyl sites for hydroxylation is 1. The first kappa shape index (κ1) is 29.1. The summed E-state index contributed by atoms with van der Waals surface area (Å²) in [6, 6.07) is 12.8. The summed E-state index contributed by atoms with van der Waals surface area (Å²) in [5.41, 5.74) is 5.80. The smallest absolute Gasteiger partial charge is 0.263 e. The van der Waals surface area contributed by atoms with Crippen LogP contribution in [-0.4, -0.2) is 101 Å². The number of amides is 1. The molecule has 0 spiro atoms. The number of likely N-dealkylation sites (N-methyl/N-ethyl adjacent to an activating group) is 1. The van der Waals surface area contributed by atoms with Crippen molar-refractivity contribution >= 4 is 34.6 Å². The second-order valence-corrected chi connectivity index (χ2v) is 12.8. The second-order valence-electron chi connectivity index (χ2n) is 12.8. The fraction of sp³-hybridized carbons (Fsp3) is 0.457. The van der Waals surface area contributed by atoms with Crippen molar-refractivity contribution in [3.63, 3.8) is 0 Å². The number of benzene rings is 2. The van der Waals surface area contributed by atoms with Crippen LogP contribution in [0.1, 0.15) is 43.2 Å². The highest BCUT2D eigenvalue weighted by atomic mass is 16.5. The topological polar surface area (TPSA) is 90.1 Å². The summed E-state index contributed by atoms with van der Waals surface area (Å²) < 4.78 is 22.8.